The third kappa shape index (κ3) is 5.85. The van der Waals surface area contributed by atoms with E-state index in [0.29, 0.717) is 18.4 Å². The summed E-state index contributed by atoms with van der Waals surface area (Å²) in [4.78, 5) is 64.3. The van der Waals surface area contributed by atoms with Crippen LogP contribution in [-0.4, -0.2) is 56.7 Å². The SMILES string of the molecule is Cc1ccc(C(=O)Oc2ccc(C(=O)COC(=O)C(C)N3C(=O)C4CC(Br)C(Br)CC4C3=O)cc2)cc1. The fraction of sp³-hybridized carbons (Fsp3) is 0.370. The molecule has 0 aromatic heterocycles. The highest BCUT2D eigenvalue weighted by Gasteiger charge is 2.54. The lowest BCUT2D eigenvalue weighted by molar-refractivity contribution is -0.157. The number of imide groups is 1. The monoisotopic (exact) mass is 633 g/mol. The van der Waals surface area contributed by atoms with Crippen molar-refractivity contribution < 1.29 is 33.4 Å². The van der Waals surface area contributed by atoms with Gasteiger partial charge >= 0.3 is 11.9 Å². The van der Waals surface area contributed by atoms with Crippen molar-refractivity contribution in [1.29, 1.82) is 0 Å². The Morgan fingerprint density at radius 1 is 0.892 bits per heavy atom. The van der Waals surface area contributed by atoms with Crippen molar-refractivity contribution in [3.05, 3.63) is 65.2 Å². The average Bonchev–Trinajstić information content (AvgIpc) is 3.11. The first-order valence-electron chi connectivity index (χ1n) is 11.8. The van der Waals surface area contributed by atoms with E-state index in [9.17, 15) is 24.0 Å². The van der Waals surface area contributed by atoms with Crippen molar-refractivity contribution in [2.45, 2.75) is 42.4 Å². The lowest BCUT2D eigenvalue weighted by Crippen LogP contribution is -2.44. The molecule has 0 spiro atoms. The van der Waals surface area contributed by atoms with Gasteiger partial charge in [0.1, 0.15) is 11.8 Å². The normalized spacial score (nSPS) is 23.8. The molecule has 4 rings (SSSR count). The molecule has 10 heteroatoms. The maximum absolute atomic E-state index is 12.9. The lowest BCUT2D eigenvalue weighted by atomic mass is 9.81. The van der Waals surface area contributed by atoms with Gasteiger partial charge in [-0.15, -0.1) is 0 Å². The first-order chi connectivity index (χ1) is 17.6. The van der Waals surface area contributed by atoms with Gasteiger partial charge in [-0.05, 0) is 63.1 Å². The summed E-state index contributed by atoms with van der Waals surface area (Å²) in [6, 6.07) is 11.7. The van der Waals surface area contributed by atoms with Crippen molar-refractivity contribution in [1.82, 2.24) is 4.90 Å². The van der Waals surface area contributed by atoms with Crippen LogP contribution in [0.25, 0.3) is 0 Å². The summed E-state index contributed by atoms with van der Waals surface area (Å²) in [6.07, 6.45) is 0.997. The number of alkyl halides is 2. The molecule has 1 saturated heterocycles. The van der Waals surface area contributed by atoms with Crippen molar-refractivity contribution in [3.63, 3.8) is 0 Å². The van der Waals surface area contributed by atoms with Crippen molar-refractivity contribution in [3.8, 4) is 5.75 Å². The fourth-order valence-corrected chi connectivity index (χ4v) is 5.75. The van der Waals surface area contributed by atoms with Gasteiger partial charge in [-0.2, -0.15) is 0 Å². The van der Waals surface area contributed by atoms with Gasteiger partial charge in [0, 0.05) is 15.2 Å². The number of aryl methyl sites for hydroxylation is 1. The minimum Gasteiger partial charge on any atom is -0.456 e. The molecular weight excluding hydrogens is 610 g/mol. The van der Waals surface area contributed by atoms with E-state index in [1.54, 1.807) is 24.3 Å². The summed E-state index contributed by atoms with van der Waals surface area (Å²) >= 11 is 7.07. The summed E-state index contributed by atoms with van der Waals surface area (Å²) in [7, 11) is 0. The molecule has 1 aliphatic heterocycles. The quantitative estimate of drug-likeness (QED) is 0.147. The zero-order chi connectivity index (χ0) is 26.9. The predicted molar refractivity (Wildman–Crippen MR) is 141 cm³/mol. The first kappa shape index (κ1) is 27.2. The predicted octanol–water partition coefficient (Wildman–Crippen LogP) is 4.25. The maximum Gasteiger partial charge on any atom is 0.343 e. The van der Waals surface area contributed by atoms with E-state index < -0.39 is 42.2 Å². The number of likely N-dealkylation sites (tertiary alicyclic amines) is 1. The van der Waals surface area contributed by atoms with Gasteiger partial charge in [-0.3, -0.25) is 19.3 Å². The van der Waals surface area contributed by atoms with E-state index >= 15 is 0 Å². The van der Waals surface area contributed by atoms with E-state index in [-0.39, 0.29) is 32.8 Å². The highest BCUT2D eigenvalue weighted by Crippen LogP contribution is 2.43. The molecule has 2 aromatic rings. The van der Waals surface area contributed by atoms with Crippen LogP contribution in [0.3, 0.4) is 0 Å². The molecule has 0 radical (unpaired) electrons. The molecule has 5 atom stereocenters. The van der Waals surface area contributed by atoms with Crippen LogP contribution in [0.5, 0.6) is 5.75 Å². The fourth-order valence-electron chi connectivity index (χ4n) is 4.51. The number of halogens is 2. The van der Waals surface area contributed by atoms with Crippen LogP contribution in [0, 0.1) is 18.8 Å². The lowest BCUT2D eigenvalue weighted by Gasteiger charge is -2.29. The standard InChI is InChI=1S/C27H25Br2NO7/c1-14-3-5-17(6-4-14)27(35)37-18-9-7-16(8-10-18)23(31)13-36-26(34)15(2)30-24(32)19-11-21(28)22(29)12-20(19)25(30)33/h3-10,15,19-22H,11-13H2,1-2H3. The average molecular weight is 635 g/mol. The number of ketones is 1. The van der Waals surface area contributed by atoms with Crippen LogP contribution in [0.15, 0.2) is 48.5 Å². The molecule has 0 N–H and O–H groups in total. The maximum atomic E-state index is 12.9. The third-order valence-corrected chi connectivity index (χ3v) is 9.43. The number of carbonyl (C=O) groups is 5. The summed E-state index contributed by atoms with van der Waals surface area (Å²) in [5.41, 5.74) is 1.67. The molecule has 0 bridgehead atoms. The van der Waals surface area contributed by atoms with E-state index in [1.165, 1.54) is 31.2 Å². The van der Waals surface area contributed by atoms with Crippen LogP contribution in [0.2, 0.25) is 0 Å². The zero-order valence-electron chi connectivity index (χ0n) is 20.2. The Morgan fingerprint density at radius 2 is 1.41 bits per heavy atom. The van der Waals surface area contributed by atoms with Gasteiger partial charge in [-0.1, -0.05) is 49.6 Å². The molecule has 5 unspecified atom stereocenters. The van der Waals surface area contributed by atoms with Crippen molar-refractivity contribution >= 4 is 61.4 Å². The summed E-state index contributed by atoms with van der Waals surface area (Å²) in [6.45, 7) is 2.79. The minimum atomic E-state index is -1.13. The Balaban J connectivity index is 1.31. The molecule has 2 fully saturated rings. The Kier molecular flexibility index (Phi) is 8.28. The Hall–Kier alpha value is -2.85. The number of esters is 2. The van der Waals surface area contributed by atoms with Crippen LogP contribution < -0.4 is 4.74 Å². The largest absolute Gasteiger partial charge is 0.456 e. The van der Waals surface area contributed by atoms with Gasteiger partial charge in [0.15, 0.2) is 12.4 Å². The summed E-state index contributed by atoms with van der Waals surface area (Å²) < 4.78 is 10.5. The van der Waals surface area contributed by atoms with E-state index in [1.807, 2.05) is 6.92 Å². The number of nitrogens with zero attached hydrogens (tertiary/aromatic N) is 1. The number of fused-ring (bicyclic) bond motifs is 1. The molecule has 194 valence electrons. The second kappa shape index (κ2) is 11.3. The number of ether oxygens (including phenoxy) is 2. The Bertz CT molecular complexity index is 1200. The van der Waals surface area contributed by atoms with Crippen LogP contribution in [-0.2, 0) is 19.1 Å². The smallest absolute Gasteiger partial charge is 0.343 e. The third-order valence-electron chi connectivity index (χ3n) is 6.69. The number of hydrogen-bond donors (Lipinski definition) is 0. The topological polar surface area (TPSA) is 107 Å². The molecule has 8 nitrogen and oxygen atoms in total. The molecular formula is C27H25Br2NO7. The van der Waals surface area contributed by atoms with Gasteiger partial charge in [0.05, 0.1) is 17.4 Å². The van der Waals surface area contributed by atoms with E-state index in [2.05, 4.69) is 31.9 Å². The molecule has 2 amide bonds. The number of rotatable bonds is 7. The molecule has 2 aromatic carbocycles. The minimum absolute atomic E-state index is 0.0582. The number of Topliss-reactive ketones (excluding diaryl/α,β-unsaturated/α-hetero) is 1. The van der Waals surface area contributed by atoms with Gasteiger partial charge in [0.25, 0.3) is 0 Å². The molecule has 1 aliphatic carbocycles. The van der Waals surface area contributed by atoms with E-state index in [4.69, 9.17) is 9.47 Å². The number of carbonyl (C=O) groups excluding carboxylic acids is 5. The molecule has 1 saturated carbocycles. The van der Waals surface area contributed by atoms with Crippen LogP contribution in [0.1, 0.15) is 46.0 Å². The van der Waals surface area contributed by atoms with Crippen molar-refractivity contribution in [2.75, 3.05) is 6.61 Å². The molecule has 37 heavy (non-hydrogen) atoms. The van der Waals surface area contributed by atoms with Crippen LogP contribution >= 0.6 is 31.9 Å². The number of benzene rings is 2. The zero-order valence-corrected chi connectivity index (χ0v) is 23.4. The Morgan fingerprint density at radius 3 is 1.95 bits per heavy atom. The van der Waals surface area contributed by atoms with Gasteiger partial charge in [-0.25, -0.2) is 9.59 Å². The highest BCUT2D eigenvalue weighted by molar-refractivity contribution is 9.12. The van der Waals surface area contributed by atoms with Crippen molar-refractivity contribution in [2.24, 2.45) is 11.8 Å². The second-order valence-electron chi connectivity index (χ2n) is 9.25. The number of amides is 2. The summed E-state index contributed by atoms with van der Waals surface area (Å²) in [5, 5.41) is 0. The number of hydrogen-bond acceptors (Lipinski definition) is 7. The van der Waals surface area contributed by atoms with Crippen LogP contribution in [0.4, 0.5) is 0 Å². The first-order valence-corrected chi connectivity index (χ1v) is 13.6. The summed E-state index contributed by atoms with van der Waals surface area (Å²) in [5.74, 6) is -3.28. The van der Waals surface area contributed by atoms with E-state index in [0.717, 1.165) is 10.5 Å². The highest BCUT2D eigenvalue weighted by atomic mass is 79.9. The van der Waals surface area contributed by atoms with Gasteiger partial charge < -0.3 is 9.47 Å². The van der Waals surface area contributed by atoms with Gasteiger partial charge in [0.2, 0.25) is 11.8 Å². The second-order valence-corrected chi connectivity index (χ2v) is 11.6. The molecule has 1 heterocycles. The molecule has 2 aliphatic rings. The Labute approximate surface area is 230 Å².